The van der Waals surface area contributed by atoms with Gasteiger partial charge in [-0.05, 0) is 58.4 Å². The van der Waals surface area contributed by atoms with E-state index < -0.39 is 0 Å². The molecular formula is C22H22. The van der Waals surface area contributed by atoms with Crippen LogP contribution in [-0.4, -0.2) is 0 Å². The van der Waals surface area contributed by atoms with Gasteiger partial charge in [0.05, 0.1) is 0 Å². The van der Waals surface area contributed by atoms with Gasteiger partial charge in [0, 0.05) is 0 Å². The van der Waals surface area contributed by atoms with E-state index in [4.69, 9.17) is 0 Å². The molecule has 0 saturated heterocycles. The van der Waals surface area contributed by atoms with Crippen LogP contribution in [0, 0.1) is 13.8 Å². The van der Waals surface area contributed by atoms with Gasteiger partial charge in [0.25, 0.3) is 0 Å². The molecule has 110 valence electrons. The van der Waals surface area contributed by atoms with Crippen LogP contribution in [0.15, 0.2) is 50.6 Å². The van der Waals surface area contributed by atoms with Gasteiger partial charge in [-0.2, -0.15) is 0 Å². The predicted octanol–water partition coefficient (Wildman–Crippen LogP) is 6.54. The minimum Gasteiger partial charge on any atom is -0.0984 e. The van der Waals surface area contributed by atoms with Gasteiger partial charge in [-0.15, -0.1) is 0 Å². The maximum absolute atomic E-state index is 3.99. The number of hydrogen-bond acceptors (Lipinski definition) is 0. The van der Waals surface area contributed by atoms with E-state index in [1.54, 1.807) is 0 Å². The first-order valence-corrected chi connectivity index (χ1v) is 7.36. The van der Waals surface area contributed by atoms with Gasteiger partial charge in [-0.1, -0.05) is 74.9 Å². The highest BCUT2D eigenvalue weighted by atomic mass is 14.2. The number of rotatable bonds is 5. The third-order valence-corrected chi connectivity index (χ3v) is 4.12. The first-order valence-electron chi connectivity index (χ1n) is 7.36. The van der Waals surface area contributed by atoms with Gasteiger partial charge in [-0.25, -0.2) is 0 Å². The third kappa shape index (κ3) is 2.48. The summed E-state index contributed by atoms with van der Waals surface area (Å²) in [6.45, 7) is 20.0. The Kier molecular flexibility index (Phi) is 4.62. The van der Waals surface area contributed by atoms with Gasteiger partial charge < -0.3 is 0 Å². The first-order chi connectivity index (χ1) is 10.6. The molecule has 0 saturated carbocycles. The summed E-state index contributed by atoms with van der Waals surface area (Å²) in [5.74, 6) is 0. The zero-order valence-corrected chi connectivity index (χ0v) is 13.4. The van der Waals surface area contributed by atoms with Crippen molar-refractivity contribution in [1.82, 2.24) is 0 Å². The van der Waals surface area contributed by atoms with Crippen molar-refractivity contribution in [2.45, 2.75) is 13.8 Å². The quantitative estimate of drug-likeness (QED) is 0.585. The lowest BCUT2D eigenvalue weighted by Crippen LogP contribution is -1.96. The molecular weight excluding hydrogens is 264 g/mol. The molecule has 2 rings (SSSR count). The SMILES string of the molecule is C=Cc1c(C)ccc(-c2ccc(C)c(C=C)c2C=C)c1C=C. The Labute approximate surface area is 133 Å². The van der Waals surface area contributed by atoms with Crippen molar-refractivity contribution in [3.05, 3.63) is 84.0 Å². The highest BCUT2D eigenvalue weighted by Gasteiger charge is 2.13. The molecule has 22 heavy (non-hydrogen) atoms. The lowest BCUT2D eigenvalue weighted by atomic mass is 9.87. The molecule has 0 spiro atoms. The Morgan fingerprint density at radius 1 is 0.545 bits per heavy atom. The molecule has 0 aliphatic heterocycles. The van der Waals surface area contributed by atoms with Crippen molar-refractivity contribution < 1.29 is 0 Å². The molecule has 0 heterocycles. The molecule has 2 aromatic rings. The van der Waals surface area contributed by atoms with Crippen molar-refractivity contribution in [2.75, 3.05) is 0 Å². The van der Waals surface area contributed by atoms with E-state index in [1.807, 2.05) is 24.3 Å². The first kappa shape index (κ1) is 15.8. The molecule has 0 atom stereocenters. The summed E-state index contributed by atoms with van der Waals surface area (Å²) >= 11 is 0. The zero-order valence-electron chi connectivity index (χ0n) is 13.4. The molecule has 0 aliphatic rings. The van der Waals surface area contributed by atoms with Crippen molar-refractivity contribution >= 4 is 24.3 Å². The highest BCUT2D eigenvalue weighted by Crippen LogP contribution is 2.35. The minimum atomic E-state index is 1.11. The monoisotopic (exact) mass is 286 g/mol. The molecule has 0 unspecified atom stereocenters. The molecule has 0 N–H and O–H groups in total. The Balaban J connectivity index is 2.89. The van der Waals surface area contributed by atoms with E-state index in [0.717, 1.165) is 33.4 Å². The van der Waals surface area contributed by atoms with Crippen LogP contribution in [-0.2, 0) is 0 Å². The molecule has 0 aromatic heterocycles. The predicted molar refractivity (Wildman–Crippen MR) is 102 cm³/mol. The Morgan fingerprint density at radius 3 is 1.14 bits per heavy atom. The van der Waals surface area contributed by atoms with E-state index in [2.05, 4.69) is 64.4 Å². The topological polar surface area (TPSA) is 0 Å². The fourth-order valence-corrected chi connectivity index (χ4v) is 2.94. The third-order valence-electron chi connectivity index (χ3n) is 4.12. The smallest absolute Gasteiger partial charge is 0.00992 e. The highest BCUT2D eigenvalue weighted by molar-refractivity contribution is 5.88. The van der Waals surface area contributed by atoms with Crippen LogP contribution in [0.4, 0.5) is 0 Å². The fourth-order valence-electron chi connectivity index (χ4n) is 2.94. The van der Waals surface area contributed by atoms with Crippen LogP contribution in [0.5, 0.6) is 0 Å². The fraction of sp³-hybridized carbons (Fsp3) is 0.0909. The molecule has 0 amide bonds. The maximum Gasteiger partial charge on any atom is -0.00992 e. The number of hydrogen-bond donors (Lipinski definition) is 0. The van der Waals surface area contributed by atoms with E-state index in [9.17, 15) is 0 Å². The van der Waals surface area contributed by atoms with Crippen LogP contribution in [0.25, 0.3) is 35.4 Å². The lowest BCUT2D eigenvalue weighted by Gasteiger charge is -2.17. The molecule has 0 heteroatoms. The van der Waals surface area contributed by atoms with Crippen LogP contribution in [0.1, 0.15) is 33.4 Å². The van der Waals surface area contributed by atoms with Crippen LogP contribution in [0.2, 0.25) is 0 Å². The van der Waals surface area contributed by atoms with E-state index >= 15 is 0 Å². The Morgan fingerprint density at radius 2 is 0.864 bits per heavy atom. The number of aryl methyl sites for hydroxylation is 2. The minimum absolute atomic E-state index is 1.11. The van der Waals surface area contributed by atoms with Crippen LogP contribution < -0.4 is 0 Å². The van der Waals surface area contributed by atoms with Gasteiger partial charge in [0.2, 0.25) is 0 Å². The Bertz CT molecular complexity index is 706. The van der Waals surface area contributed by atoms with Gasteiger partial charge in [0.15, 0.2) is 0 Å². The lowest BCUT2D eigenvalue weighted by molar-refractivity contribution is 1.40. The second-order valence-corrected chi connectivity index (χ2v) is 5.33. The average molecular weight is 286 g/mol. The molecule has 0 nitrogen and oxygen atoms in total. The molecule has 2 aromatic carbocycles. The summed E-state index contributed by atoms with van der Waals surface area (Å²) in [6, 6.07) is 8.53. The van der Waals surface area contributed by atoms with Crippen molar-refractivity contribution in [3.63, 3.8) is 0 Å². The summed E-state index contributed by atoms with van der Waals surface area (Å²) in [4.78, 5) is 0. The largest absolute Gasteiger partial charge is 0.0984 e. The maximum atomic E-state index is 3.99. The van der Waals surface area contributed by atoms with Crippen molar-refractivity contribution in [1.29, 1.82) is 0 Å². The van der Waals surface area contributed by atoms with Gasteiger partial charge >= 0.3 is 0 Å². The summed E-state index contributed by atoms with van der Waals surface area (Å²) in [5, 5.41) is 0. The number of benzene rings is 2. The average Bonchev–Trinajstić information content (AvgIpc) is 2.54. The molecule has 0 radical (unpaired) electrons. The standard InChI is InChI=1S/C22H22/c1-7-17-15(5)11-13-21(19(17)9-3)22-14-12-16(6)18(8-2)20(22)10-4/h7-14H,1-4H2,5-6H3. The van der Waals surface area contributed by atoms with E-state index in [0.29, 0.717) is 0 Å². The zero-order chi connectivity index (χ0) is 16.3. The molecule has 0 aliphatic carbocycles. The van der Waals surface area contributed by atoms with E-state index in [1.165, 1.54) is 11.1 Å². The van der Waals surface area contributed by atoms with Crippen molar-refractivity contribution in [3.8, 4) is 11.1 Å². The Hall–Kier alpha value is -2.60. The summed E-state index contributed by atoms with van der Waals surface area (Å²) < 4.78 is 0. The summed E-state index contributed by atoms with van der Waals surface area (Å²) in [5.41, 5.74) is 9.16. The van der Waals surface area contributed by atoms with E-state index in [-0.39, 0.29) is 0 Å². The van der Waals surface area contributed by atoms with Gasteiger partial charge in [-0.3, -0.25) is 0 Å². The van der Waals surface area contributed by atoms with Crippen LogP contribution >= 0.6 is 0 Å². The summed E-state index contributed by atoms with van der Waals surface area (Å²) in [7, 11) is 0. The summed E-state index contributed by atoms with van der Waals surface area (Å²) in [6.07, 6.45) is 7.59. The molecule has 0 fully saturated rings. The van der Waals surface area contributed by atoms with Crippen LogP contribution in [0.3, 0.4) is 0 Å². The second-order valence-electron chi connectivity index (χ2n) is 5.33. The normalized spacial score (nSPS) is 10.1. The van der Waals surface area contributed by atoms with Crippen molar-refractivity contribution in [2.24, 2.45) is 0 Å². The van der Waals surface area contributed by atoms with Gasteiger partial charge in [0.1, 0.15) is 0 Å². The molecule has 0 bridgehead atoms. The second kappa shape index (κ2) is 6.44.